The number of anilines is 1. The molecule has 1 aromatic carbocycles. The molecule has 2 atom stereocenters. The summed E-state index contributed by atoms with van der Waals surface area (Å²) in [5.41, 5.74) is 2.12. The van der Waals surface area contributed by atoms with E-state index in [-0.39, 0.29) is 17.9 Å². The molecule has 7 heteroatoms. The van der Waals surface area contributed by atoms with Gasteiger partial charge >= 0.3 is 6.09 Å². The number of nitrogens with zero attached hydrogens (tertiary/aromatic N) is 1. The number of carboxylic acid groups (broad SMARTS) is 1. The number of aryl methyl sites for hydroxylation is 1. The van der Waals surface area contributed by atoms with E-state index >= 15 is 0 Å². The molecule has 1 aliphatic carbocycles. The van der Waals surface area contributed by atoms with Gasteiger partial charge in [-0.2, -0.15) is 0 Å². The van der Waals surface area contributed by atoms with Crippen molar-refractivity contribution in [2.75, 3.05) is 5.32 Å². The van der Waals surface area contributed by atoms with Crippen LogP contribution in [-0.2, 0) is 0 Å². The molecular formula is C15H15N3O4. The van der Waals surface area contributed by atoms with Crippen LogP contribution in [0.25, 0.3) is 0 Å². The Morgan fingerprint density at radius 3 is 2.86 bits per heavy atom. The fourth-order valence-corrected chi connectivity index (χ4v) is 2.40. The number of hydrogen-bond acceptors (Lipinski definition) is 4. The third-order valence-electron chi connectivity index (χ3n) is 3.54. The molecule has 22 heavy (non-hydrogen) atoms. The quantitative estimate of drug-likeness (QED) is 0.804. The molecule has 0 unspecified atom stereocenters. The highest BCUT2D eigenvalue weighted by Crippen LogP contribution is 2.40. The van der Waals surface area contributed by atoms with Crippen LogP contribution in [0.15, 0.2) is 34.9 Å². The largest absolute Gasteiger partial charge is 0.465 e. The third-order valence-corrected chi connectivity index (χ3v) is 3.54. The Hall–Kier alpha value is -2.83. The number of carbonyl (C=O) groups is 2. The van der Waals surface area contributed by atoms with Gasteiger partial charge < -0.3 is 14.9 Å². The molecule has 3 N–H and O–H groups in total. The first-order chi connectivity index (χ1) is 10.5. The van der Waals surface area contributed by atoms with Gasteiger partial charge in [-0.05, 0) is 31.0 Å². The lowest BCUT2D eigenvalue weighted by Gasteiger charge is -2.05. The number of rotatable bonds is 4. The summed E-state index contributed by atoms with van der Waals surface area (Å²) < 4.78 is 4.95. The number of amides is 2. The SMILES string of the molecule is Cc1cc(NC(=O)c2cccc([C@@H]3C[C@H]3NC(=O)O)c2)on1. The molecule has 0 radical (unpaired) electrons. The fraction of sp³-hybridized carbons (Fsp3) is 0.267. The average Bonchev–Trinajstić information content (AvgIpc) is 3.11. The van der Waals surface area contributed by atoms with Crippen molar-refractivity contribution in [3.63, 3.8) is 0 Å². The van der Waals surface area contributed by atoms with E-state index in [1.54, 1.807) is 31.2 Å². The Labute approximate surface area is 126 Å². The molecule has 0 aliphatic heterocycles. The van der Waals surface area contributed by atoms with E-state index in [9.17, 15) is 9.59 Å². The average molecular weight is 301 g/mol. The van der Waals surface area contributed by atoms with Crippen LogP contribution in [0.1, 0.15) is 34.0 Å². The minimum Gasteiger partial charge on any atom is -0.465 e. The zero-order chi connectivity index (χ0) is 15.7. The molecule has 7 nitrogen and oxygen atoms in total. The Morgan fingerprint density at radius 1 is 1.36 bits per heavy atom. The molecule has 1 heterocycles. The number of hydrogen-bond donors (Lipinski definition) is 3. The van der Waals surface area contributed by atoms with Gasteiger partial charge in [0.05, 0.1) is 5.69 Å². The van der Waals surface area contributed by atoms with Gasteiger partial charge in [0, 0.05) is 23.6 Å². The van der Waals surface area contributed by atoms with Gasteiger partial charge in [0.25, 0.3) is 5.91 Å². The highest BCUT2D eigenvalue weighted by molar-refractivity contribution is 6.03. The molecule has 114 valence electrons. The van der Waals surface area contributed by atoms with Crippen molar-refractivity contribution in [3.8, 4) is 0 Å². The van der Waals surface area contributed by atoms with Crippen LogP contribution in [-0.4, -0.2) is 28.3 Å². The summed E-state index contributed by atoms with van der Waals surface area (Å²) in [5.74, 6) is 0.127. The molecule has 0 saturated heterocycles. The second kappa shape index (κ2) is 5.51. The van der Waals surface area contributed by atoms with Gasteiger partial charge in [0.2, 0.25) is 5.88 Å². The van der Waals surface area contributed by atoms with E-state index in [0.717, 1.165) is 12.0 Å². The molecule has 1 aromatic heterocycles. The van der Waals surface area contributed by atoms with Crippen molar-refractivity contribution in [2.24, 2.45) is 0 Å². The monoisotopic (exact) mass is 301 g/mol. The van der Waals surface area contributed by atoms with E-state index in [1.807, 2.05) is 6.07 Å². The summed E-state index contributed by atoms with van der Waals surface area (Å²) in [7, 11) is 0. The topological polar surface area (TPSA) is 104 Å². The smallest absolute Gasteiger partial charge is 0.404 e. The van der Waals surface area contributed by atoms with Crippen LogP contribution in [0.3, 0.4) is 0 Å². The molecule has 1 aliphatic rings. The number of benzene rings is 1. The Kier molecular flexibility index (Phi) is 3.54. The first-order valence-corrected chi connectivity index (χ1v) is 6.87. The molecule has 2 aromatic rings. The van der Waals surface area contributed by atoms with Crippen molar-refractivity contribution in [1.82, 2.24) is 10.5 Å². The molecular weight excluding hydrogens is 286 g/mol. The highest BCUT2D eigenvalue weighted by atomic mass is 16.5. The summed E-state index contributed by atoms with van der Waals surface area (Å²) in [6, 6.07) is 8.70. The van der Waals surface area contributed by atoms with Gasteiger partial charge in [0.1, 0.15) is 0 Å². The molecule has 0 spiro atoms. The maximum absolute atomic E-state index is 12.2. The minimum absolute atomic E-state index is 0.0762. The summed E-state index contributed by atoms with van der Waals surface area (Å²) in [5, 5.41) is 17.5. The number of aromatic nitrogens is 1. The van der Waals surface area contributed by atoms with Crippen LogP contribution >= 0.6 is 0 Å². The van der Waals surface area contributed by atoms with Gasteiger partial charge in [-0.25, -0.2) is 4.79 Å². The Balaban J connectivity index is 1.69. The van der Waals surface area contributed by atoms with Crippen LogP contribution in [0.2, 0.25) is 0 Å². The number of nitrogens with one attached hydrogen (secondary N) is 2. The molecule has 3 rings (SSSR count). The lowest BCUT2D eigenvalue weighted by Crippen LogP contribution is -2.24. The predicted molar refractivity (Wildman–Crippen MR) is 77.9 cm³/mol. The van der Waals surface area contributed by atoms with Crippen molar-refractivity contribution in [3.05, 3.63) is 47.2 Å². The Morgan fingerprint density at radius 2 is 2.18 bits per heavy atom. The Bertz CT molecular complexity index is 725. The van der Waals surface area contributed by atoms with Crippen molar-refractivity contribution < 1.29 is 19.2 Å². The van der Waals surface area contributed by atoms with Crippen LogP contribution < -0.4 is 10.6 Å². The van der Waals surface area contributed by atoms with Crippen LogP contribution in [0.5, 0.6) is 0 Å². The maximum atomic E-state index is 12.2. The summed E-state index contributed by atoms with van der Waals surface area (Å²) in [4.78, 5) is 22.8. The van der Waals surface area contributed by atoms with Gasteiger partial charge in [-0.15, -0.1) is 0 Å². The van der Waals surface area contributed by atoms with Gasteiger partial charge in [-0.3, -0.25) is 10.1 Å². The van der Waals surface area contributed by atoms with E-state index in [1.165, 1.54) is 0 Å². The standard InChI is InChI=1S/C15H15N3O4/c1-8-5-13(22-18-8)17-14(19)10-4-2-3-9(6-10)11-7-12(11)16-15(20)21/h2-6,11-12,16H,7H2,1H3,(H,17,19)(H,20,21)/t11-,12+/m0/s1. The van der Waals surface area contributed by atoms with Crippen molar-refractivity contribution >= 4 is 17.9 Å². The second-order valence-electron chi connectivity index (χ2n) is 5.31. The van der Waals surface area contributed by atoms with E-state index in [0.29, 0.717) is 17.1 Å². The highest BCUT2D eigenvalue weighted by Gasteiger charge is 2.39. The van der Waals surface area contributed by atoms with Crippen LogP contribution in [0.4, 0.5) is 10.7 Å². The molecule has 1 fully saturated rings. The first kappa shape index (κ1) is 14.1. The number of carbonyl (C=O) groups excluding carboxylic acids is 1. The summed E-state index contributed by atoms with van der Waals surface area (Å²) in [6.45, 7) is 1.77. The molecule has 1 saturated carbocycles. The molecule has 2 amide bonds. The summed E-state index contributed by atoms with van der Waals surface area (Å²) in [6.07, 6.45) is -0.277. The normalized spacial score (nSPS) is 19.5. The lowest BCUT2D eigenvalue weighted by molar-refractivity contribution is 0.102. The van der Waals surface area contributed by atoms with E-state index in [4.69, 9.17) is 9.63 Å². The maximum Gasteiger partial charge on any atom is 0.404 e. The van der Waals surface area contributed by atoms with Crippen LogP contribution in [0, 0.1) is 6.92 Å². The van der Waals surface area contributed by atoms with E-state index < -0.39 is 6.09 Å². The second-order valence-corrected chi connectivity index (χ2v) is 5.31. The van der Waals surface area contributed by atoms with Gasteiger partial charge in [-0.1, -0.05) is 17.3 Å². The van der Waals surface area contributed by atoms with Gasteiger partial charge in [0.15, 0.2) is 0 Å². The van der Waals surface area contributed by atoms with Crippen molar-refractivity contribution in [1.29, 1.82) is 0 Å². The molecule has 0 bridgehead atoms. The third kappa shape index (κ3) is 3.08. The zero-order valence-corrected chi connectivity index (χ0v) is 11.9. The first-order valence-electron chi connectivity index (χ1n) is 6.87. The minimum atomic E-state index is -1.03. The predicted octanol–water partition coefficient (Wildman–Crippen LogP) is 2.36. The van der Waals surface area contributed by atoms with E-state index in [2.05, 4.69) is 15.8 Å². The van der Waals surface area contributed by atoms with Crippen molar-refractivity contribution in [2.45, 2.75) is 25.3 Å². The zero-order valence-electron chi connectivity index (χ0n) is 11.9. The summed E-state index contributed by atoms with van der Waals surface area (Å²) >= 11 is 0. The fourth-order valence-electron chi connectivity index (χ4n) is 2.40. The lowest BCUT2D eigenvalue weighted by atomic mass is 10.1.